The fourth-order valence-electron chi connectivity index (χ4n) is 4.07. The Kier molecular flexibility index (Phi) is 10.3. The van der Waals surface area contributed by atoms with Gasteiger partial charge in [0.25, 0.3) is 5.91 Å². The number of ether oxygens (including phenoxy) is 1. The van der Waals surface area contributed by atoms with Gasteiger partial charge < -0.3 is 19.7 Å². The molecule has 1 atom stereocenters. The number of Topliss-reactive ketones (excluding diaryl/α,β-unsaturated/α-hetero) is 1. The summed E-state index contributed by atoms with van der Waals surface area (Å²) in [5, 5.41) is 12.9. The van der Waals surface area contributed by atoms with Crippen LogP contribution >= 0.6 is 11.6 Å². The largest absolute Gasteiger partial charge is 0.489 e. The van der Waals surface area contributed by atoms with E-state index in [0.29, 0.717) is 35.0 Å². The van der Waals surface area contributed by atoms with E-state index >= 15 is 0 Å². The fraction of sp³-hybridized carbons (Fsp3) is 0.414. The molecule has 0 spiro atoms. The summed E-state index contributed by atoms with van der Waals surface area (Å²) < 4.78 is 7.56. The Bertz CT molecular complexity index is 1200. The summed E-state index contributed by atoms with van der Waals surface area (Å²) in [5.41, 5.74) is 3.12. The summed E-state index contributed by atoms with van der Waals surface area (Å²) in [6, 6.07) is 12.6. The van der Waals surface area contributed by atoms with Crippen molar-refractivity contribution >= 4 is 23.3 Å². The number of aryl methyl sites for hydroxylation is 1. The van der Waals surface area contributed by atoms with Gasteiger partial charge in [0.05, 0.1) is 16.8 Å². The Balaban J connectivity index is 1.70. The van der Waals surface area contributed by atoms with Crippen molar-refractivity contribution in [1.82, 2.24) is 14.9 Å². The maximum Gasteiger partial charge on any atom is 0.251 e. The summed E-state index contributed by atoms with van der Waals surface area (Å²) in [4.78, 5) is 29.5. The van der Waals surface area contributed by atoms with Crippen LogP contribution in [0.15, 0.2) is 48.7 Å². The van der Waals surface area contributed by atoms with Crippen LogP contribution in [0.1, 0.15) is 73.5 Å². The van der Waals surface area contributed by atoms with E-state index in [1.165, 1.54) is 6.92 Å². The lowest BCUT2D eigenvalue weighted by atomic mass is 10.0. The standard InChI is InChI=1S/C29H36ClN3O4/c1-5-6-14-33-18-26(32-28(33)20(4)35)22-9-7-21(8-10-22)16-24(13-15-34)31-29(36)23-11-12-27(25(30)17-23)37-19(2)3/h7-12,17-19,24,34H,5-6,13-16H2,1-4H3,(H,31,36)/t24-/m1/s1. The Morgan fingerprint density at radius 3 is 2.49 bits per heavy atom. The fourth-order valence-corrected chi connectivity index (χ4v) is 4.30. The Morgan fingerprint density at radius 2 is 1.89 bits per heavy atom. The third kappa shape index (κ3) is 7.91. The summed E-state index contributed by atoms with van der Waals surface area (Å²) in [5.74, 6) is 0.695. The van der Waals surface area contributed by atoms with E-state index in [1.807, 2.05) is 48.9 Å². The van der Waals surface area contributed by atoms with Crippen LogP contribution in [-0.4, -0.2) is 45.1 Å². The molecule has 0 saturated carbocycles. The second kappa shape index (κ2) is 13.4. The number of halogens is 1. The molecule has 7 nitrogen and oxygen atoms in total. The van der Waals surface area contributed by atoms with Crippen molar-refractivity contribution in [1.29, 1.82) is 0 Å². The molecule has 198 valence electrons. The molecule has 2 N–H and O–H groups in total. The molecule has 0 fully saturated rings. The van der Waals surface area contributed by atoms with Crippen molar-refractivity contribution in [2.75, 3.05) is 6.61 Å². The average Bonchev–Trinajstić information content (AvgIpc) is 3.29. The first-order valence-corrected chi connectivity index (χ1v) is 13.1. The number of aliphatic hydroxyl groups is 1. The molecule has 0 saturated heterocycles. The number of hydrogen-bond acceptors (Lipinski definition) is 5. The lowest BCUT2D eigenvalue weighted by molar-refractivity contribution is 0.0929. The summed E-state index contributed by atoms with van der Waals surface area (Å²) in [6.45, 7) is 8.18. The van der Waals surface area contributed by atoms with Gasteiger partial charge in [-0.2, -0.15) is 0 Å². The highest BCUT2D eigenvalue weighted by Crippen LogP contribution is 2.27. The van der Waals surface area contributed by atoms with Crippen molar-refractivity contribution in [3.63, 3.8) is 0 Å². The molecule has 0 radical (unpaired) electrons. The zero-order valence-corrected chi connectivity index (χ0v) is 22.7. The van der Waals surface area contributed by atoms with Gasteiger partial charge in [-0.05, 0) is 56.9 Å². The van der Waals surface area contributed by atoms with Crippen LogP contribution < -0.4 is 10.1 Å². The van der Waals surface area contributed by atoms with Gasteiger partial charge in [0, 0.05) is 43.4 Å². The van der Waals surface area contributed by atoms with Gasteiger partial charge in [-0.25, -0.2) is 4.98 Å². The van der Waals surface area contributed by atoms with Crippen molar-refractivity contribution in [3.05, 3.63) is 70.6 Å². The molecule has 3 aromatic rings. The quantitative estimate of drug-likeness (QED) is 0.278. The van der Waals surface area contributed by atoms with E-state index in [-0.39, 0.29) is 30.4 Å². The number of amides is 1. The Labute approximate surface area is 223 Å². The molecule has 1 aromatic heterocycles. The normalized spacial score (nSPS) is 12.0. The van der Waals surface area contributed by atoms with Gasteiger partial charge in [0.2, 0.25) is 0 Å². The first-order chi connectivity index (χ1) is 17.7. The predicted molar refractivity (Wildman–Crippen MR) is 146 cm³/mol. The third-order valence-corrected chi connectivity index (χ3v) is 6.24. The highest BCUT2D eigenvalue weighted by atomic mass is 35.5. The van der Waals surface area contributed by atoms with Crippen LogP contribution in [0.4, 0.5) is 0 Å². The van der Waals surface area contributed by atoms with E-state index in [4.69, 9.17) is 16.3 Å². The predicted octanol–water partition coefficient (Wildman–Crippen LogP) is 5.72. The van der Waals surface area contributed by atoms with Gasteiger partial charge in [0.1, 0.15) is 5.75 Å². The highest BCUT2D eigenvalue weighted by molar-refractivity contribution is 6.32. The monoisotopic (exact) mass is 525 g/mol. The second-order valence-electron chi connectivity index (χ2n) is 9.45. The molecule has 8 heteroatoms. The number of hydrogen-bond donors (Lipinski definition) is 2. The number of nitrogens with zero attached hydrogens (tertiary/aromatic N) is 2. The summed E-state index contributed by atoms with van der Waals surface area (Å²) in [6.07, 6.45) is 4.90. The molecular formula is C29H36ClN3O4. The number of aromatic nitrogens is 2. The number of nitrogens with one attached hydrogen (secondary N) is 1. The Morgan fingerprint density at radius 1 is 1.16 bits per heavy atom. The number of unbranched alkanes of at least 4 members (excludes halogenated alkanes) is 1. The minimum Gasteiger partial charge on any atom is -0.489 e. The lowest BCUT2D eigenvalue weighted by Gasteiger charge is -2.19. The van der Waals surface area contributed by atoms with Gasteiger partial charge >= 0.3 is 0 Å². The number of imidazole rings is 1. The molecular weight excluding hydrogens is 490 g/mol. The molecule has 0 bridgehead atoms. The van der Waals surface area contributed by atoms with Crippen molar-refractivity contribution < 1.29 is 19.4 Å². The first kappa shape index (κ1) is 28.4. The molecule has 3 rings (SSSR count). The van der Waals surface area contributed by atoms with Gasteiger partial charge in [-0.15, -0.1) is 0 Å². The molecule has 0 unspecified atom stereocenters. The van der Waals surface area contributed by atoms with Gasteiger partial charge in [-0.1, -0.05) is 49.2 Å². The molecule has 0 aliphatic carbocycles. The SMILES string of the molecule is CCCCn1cc(-c2ccc(C[C@@H](CCO)NC(=O)c3ccc(OC(C)C)c(Cl)c3)cc2)nc1C(C)=O. The van der Waals surface area contributed by atoms with Gasteiger partial charge in [0.15, 0.2) is 11.6 Å². The number of benzene rings is 2. The number of ketones is 1. The lowest BCUT2D eigenvalue weighted by Crippen LogP contribution is -2.37. The van der Waals surface area contributed by atoms with Crippen LogP contribution in [0, 0.1) is 0 Å². The smallest absolute Gasteiger partial charge is 0.251 e. The maximum atomic E-state index is 12.9. The minimum absolute atomic E-state index is 0.0227. The van der Waals surface area contributed by atoms with E-state index < -0.39 is 0 Å². The van der Waals surface area contributed by atoms with Crippen molar-refractivity contribution in [3.8, 4) is 17.0 Å². The molecule has 37 heavy (non-hydrogen) atoms. The van der Waals surface area contributed by atoms with E-state index in [1.54, 1.807) is 18.2 Å². The summed E-state index contributed by atoms with van der Waals surface area (Å²) >= 11 is 6.29. The highest BCUT2D eigenvalue weighted by Gasteiger charge is 2.17. The van der Waals surface area contributed by atoms with E-state index in [9.17, 15) is 14.7 Å². The topological polar surface area (TPSA) is 93.4 Å². The number of carbonyl (C=O) groups is 2. The summed E-state index contributed by atoms with van der Waals surface area (Å²) in [7, 11) is 0. The first-order valence-electron chi connectivity index (χ1n) is 12.8. The molecule has 2 aromatic carbocycles. The Hall–Kier alpha value is -3.16. The molecule has 1 amide bonds. The molecule has 1 heterocycles. The maximum absolute atomic E-state index is 12.9. The molecule has 0 aliphatic rings. The number of carbonyl (C=O) groups excluding carboxylic acids is 2. The van der Waals surface area contributed by atoms with Crippen molar-refractivity contribution in [2.45, 2.75) is 72.1 Å². The zero-order valence-electron chi connectivity index (χ0n) is 22.0. The van der Waals surface area contributed by atoms with Crippen LogP contribution in [0.3, 0.4) is 0 Å². The average molecular weight is 526 g/mol. The van der Waals surface area contributed by atoms with Crippen LogP contribution in [-0.2, 0) is 13.0 Å². The number of rotatable bonds is 13. The minimum atomic E-state index is -0.262. The third-order valence-electron chi connectivity index (χ3n) is 5.95. The zero-order chi connectivity index (χ0) is 26.9. The second-order valence-corrected chi connectivity index (χ2v) is 9.86. The van der Waals surface area contributed by atoms with Crippen LogP contribution in [0.2, 0.25) is 5.02 Å². The van der Waals surface area contributed by atoms with Crippen molar-refractivity contribution in [2.24, 2.45) is 0 Å². The number of aliphatic hydroxyl groups excluding tert-OH is 1. The van der Waals surface area contributed by atoms with Gasteiger partial charge in [-0.3, -0.25) is 9.59 Å². The molecule has 0 aliphatic heterocycles. The van der Waals surface area contributed by atoms with E-state index in [0.717, 1.165) is 36.2 Å². The van der Waals surface area contributed by atoms with Crippen LogP contribution in [0.25, 0.3) is 11.3 Å². The van der Waals surface area contributed by atoms with E-state index in [2.05, 4.69) is 17.2 Å². The van der Waals surface area contributed by atoms with Crippen LogP contribution in [0.5, 0.6) is 5.75 Å².